The van der Waals surface area contributed by atoms with Crippen molar-refractivity contribution in [3.8, 4) is 11.1 Å². The molecule has 7 heteroatoms. The minimum atomic E-state index is -1.02. The molecule has 0 aromatic heterocycles. The van der Waals surface area contributed by atoms with Gasteiger partial charge in [-0.05, 0) is 27.7 Å². The number of aliphatic carboxylic acids is 1. The molecule has 1 saturated heterocycles. The van der Waals surface area contributed by atoms with E-state index in [9.17, 15) is 9.59 Å². The number of amides is 1. The third-order valence-corrected chi connectivity index (χ3v) is 5.56. The van der Waals surface area contributed by atoms with E-state index in [0.717, 1.165) is 28.5 Å². The molecule has 0 saturated carbocycles. The molecule has 29 heavy (non-hydrogen) atoms. The maximum Gasteiger partial charge on any atom is 0.305 e. The number of nitrogens with one attached hydrogen (secondary N) is 1. The molecule has 2 aromatic rings. The number of carboxylic acids is 1. The summed E-state index contributed by atoms with van der Waals surface area (Å²) < 4.78 is 0. The van der Waals surface area contributed by atoms with Crippen LogP contribution in [0.4, 0.5) is 0 Å². The summed E-state index contributed by atoms with van der Waals surface area (Å²) in [6, 6.07) is 16.5. The van der Waals surface area contributed by atoms with Crippen molar-refractivity contribution in [1.82, 2.24) is 5.32 Å². The van der Waals surface area contributed by atoms with E-state index in [1.807, 2.05) is 24.3 Å². The van der Waals surface area contributed by atoms with Crippen LogP contribution in [0.25, 0.3) is 11.1 Å². The fourth-order valence-electron chi connectivity index (χ4n) is 2.82. The second kappa shape index (κ2) is 8.61. The number of nitrogens with zero attached hydrogens (tertiary/aromatic N) is 2. The lowest BCUT2D eigenvalue weighted by atomic mass is 9.86. The highest BCUT2D eigenvalue weighted by Gasteiger charge is 2.32. The molecule has 0 spiro atoms. The largest absolute Gasteiger partial charge is 0.481 e. The van der Waals surface area contributed by atoms with Gasteiger partial charge in [-0.1, -0.05) is 81.1 Å². The first-order valence-electron chi connectivity index (χ1n) is 9.24. The van der Waals surface area contributed by atoms with Gasteiger partial charge in [0.1, 0.15) is 5.25 Å². The molecule has 2 aromatic carbocycles. The zero-order valence-electron chi connectivity index (χ0n) is 16.5. The third-order valence-electron chi connectivity index (χ3n) is 4.49. The van der Waals surface area contributed by atoms with Crippen LogP contribution in [0.2, 0.25) is 0 Å². The monoisotopic (exact) mass is 409 g/mol. The Morgan fingerprint density at radius 3 is 2.24 bits per heavy atom. The SMILES string of the molecule is CC(C)(C)c1ccc(-c2ccc(C=NN=C3NC(=O)C(CC(=O)O)S3)cc2)cc1. The van der Waals surface area contributed by atoms with Gasteiger partial charge in [0, 0.05) is 0 Å². The molecule has 1 amide bonds. The quantitative estimate of drug-likeness (QED) is 0.576. The van der Waals surface area contributed by atoms with Crippen molar-refractivity contribution in [2.24, 2.45) is 10.2 Å². The number of hydrogen-bond acceptors (Lipinski definition) is 5. The van der Waals surface area contributed by atoms with Gasteiger partial charge in [-0.15, -0.1) is 5.10 Å². The lowest BCUT2D eigenvalue weighted by molar-refractivity contribution is -0.138. The smallest absolute Gasteiger partial charge is 0.305 e. The van der Waals surface area contributed by atoms with E-state index in [1.165, 1.54) is 5.56 Å². The minimum Gasteiger partial charge on any atom is -0.481 e. The molecule has 1 aliphatic rings. The summed E-state index contributed by atoms with van der Waals surface area (Å²) in [7, 11) is 0. The highest BCUT2D eigenvalue weighted by Crippen LogP contribution is 2.26. The van der Waals surface area contributed by atoms with Gasteiger partial charge in [0.2, 0.25) is 5.91 Å². The van der Waals surface area contributed by atoms with Crippen LogP contribution in [-0.2, 0) is 15.0 Å². The molecule has 2 N–H and O–H groups in total. The van der Waals surface area contributed by atoms with Gasteiger partial charge in [-0.2, -0.15) is 5.10 Å². The van der Waals surface area contributed by atoms with Gasteiger partial charge in [0.15, 0.2) is 5.17 Å². The van der Waals surface area contributed by atoms with Gasteiger partial charge in [-0.25, -0.2) is 0 Å². The van der Waals surface area contributed by atoms with Crippen LogP contribution < -0.4 is 5.32 Å². The number of hydrogen-bond donors (Lipinski definition) is 2. The molecule has 3 rings (SSSR count). The highest BCUT2D eigenvalue weighted by atomic mass is 32.2. The predicted octanol–water partition coefficient (Wildman–Crippen LogP) is 4.05. The average molecular weight is 410 g/mol. The molecule has 150 valence electrons. The Balaban J connectivity index is 1.63. The first-order valence-corrected chi connectivity index (χ1v) is 10.1. The number of carbonyl (C=O) groups excluding carboxylic acids is 1. The molecule has 1 fully saturated rings. The van der Waals surface area contributed by atoms with E-state index in [4.69, 9.17) is 5.11 Å². The molecule has 1 atom stereocenters. The van der Waals surface area contributed by atoms with Crippen molar-refractivity contribution in [3.05, 3.63) is 59.7 Å². The Morgan fingerprint density at radius 2 is 1.69 bits per heavy atom. The van der Waals surface area contributed by atoms with Gasteiger partial charge in [-0.3, -0.25) is 9.59 Å². The van der Waals surface area contributed by atoms with Gasteiger partial charge >= 0.3 is 5.97 Å². The number of carbonyl (C=O) groups is 2. The zero-order valence-corrected chi connectivity index (χ0v) is 17.4. The van der Waals surface area contributed by atoms with Crippen molar-refractivity contribution < 1.29 is 14.7 Å². The second-order valence-electron chi connectivity index (χ2n) is 7.79. The highest BCUT2D eigenvalue weighted by molar-refractivity contribution is 8.15. The zero-order chi connectivity index (χ0) is 21.0. The fourth-order valence-corrected chi connectivity index (χ4v) is 3.73. The molecule has 6 nitrogen and oxygen atoms in total. The lowest BCUT2D eigenvalue weighted by Crippen LogP contribution is -2.26. The van der Waals surface area contributed by atoms with E-state index in [0.29, 0.717) is 5.17 Å². The summed E-state index contributed by atoms with van der Waals surface area (Å²) in [5.41, 5.74) is 4.57. The minimum absolute atomic E-state index is 0.130. The number of benzene rings is 2. The predicted molar refractivity (Wildman–Crippen MR) is 117 cm³/mol. The van der Waals surface area contributed by atoms with Crippen LogP contribution in [0.15, 0.2) is 58.7 Å². The third kappa shape index (κ3) is 5.54. The van der Waals surface area contributed by atoms with E-state index in [-0.39, 0.29) is 17.7 Å². The topological polar surface area (TPSA) is 91.1 Å². The molecular weight excluding hydrogens is 386 g/mol. The summed E-state index contributed by atoms with van der Waals surface area (Å²) in [5, 5.41) is 18.9. The normalized spacial score (nSPS) is 18.4. The molecule has 1 unspecified atom stereocenters. The molecule has 1 heterocycles. The Labute approximate surface area is 174 Å². The molecule has 0 radical (unpaired) electrons. The van der Waals surface area contributed by atoms with Crippen LogP contribution in [0, 0.1) is 0 Å². The Hall–Kier alpha value is -2.93. The van der Waals surface area contributed by atoms with Gasteiger partial charge in [0.05, 0.1) is 12.6 Å². The van der Waals surface area contributed by atoms with Crippen LogP contribution in [0.1, 0.15) is 38.3 Å². The summed E-state index contributed by atoms with van der Waals surface area (Å²) in [6.45, 7) is 6.59. The summed E-state index contributed by atoms with van der Waals surface area (Å²) in [4.78, 5) is 22.4. The standard InChI is InChI=1S/C22H23N3O3S/c1-22(2,3)17-10-8-16(9-11-17)15-6-4-14(5-7-15)13-23-25-21-24-20(28)18(29-21)12-19(26)27/h4-11,13,18H,12H2,1-3H3,(H,26,27)(H,24,25,28). The van der Waals surface area contributed by atoms with Crippen molar-refractivity contribution in [3.63, 3.8) is 0 Å². The number of amidine groups is 1. The van der Waals surface area contributed by atoms with Gasteiger partial charge in [0.25, 0.3) is 0 Å². The van der Waals surface area contributed by atoms with Crippen molar-refractivity contribution in [1.29, 1.82) is 0 Å². The van der Waals surface area contributed by atoms with Crippen LogP contribution in [0.5, 0.6) is 0 Å². The van der Waals surface area contributed by atoms with Crippen LogP contribution >= 0.6 is 11.8 Å². The lowest BCUT2D eigenvalue weighted by Gasteiger charge is -2.19. The molecule has 1 aliphatic heterocycles. The number of carboxylic acid groups (broad SMARTS) is 1. The average Bonchev–Trinajstić information content (AvgIpc) is 3.00. The Morgan fingerprint density at radius 1 is 1.10 bits per heavy atom. The molecular formula is C22H23N3O3S. The van der Waals surface area contributed by atoms with Crippen LogP contribution in [-0.4, -0.2) is 33.6 Å². The van der Waals surface area contributed by atoms with E-state index in [2.05, 4.69) is 60.6 Å². The Kier molecular flexibility index (Phi) is 6.17. The van der Waals surface area contributed by atoms with E-state index in [1.54, 1.807) is 6.21 Å². The second-order valence-corrected chi connectivity index (χ2v) is 8.98. The maximum absolute atomic E-state index is 11.7. The molecule has 0 aliphatic carbocycles. The fraction of sp³-hybridized carbons (Fsp3) is 0.273. The van der Waals surface area contributed by atoms with Gasteiger partial charge < -0.3 is 10.4 Å². The summed E-state index contributed by atoms with van der Waals surface area (Å²) in [5.74, 6) is -1.37. The van der Waals surface area contributed by atoms with Crippen molar-refractivity contribution >= 4 is 35.0 Å². The Bertz CT molecular complexity index is 958. The van der Waals surface area contributed by atoms with Crippen LogP contribution in [0.3, 0.4) is 0 Å². The van der Waals surface area contributed by atoms with E-state index < -0.39 is 11.2 Å². The summed E-state index contributed by atoms with van der Waals surface area (Å²) in [6.07, 6.45) is 1.36. The molecule has 0 bridgehead atoms. The van der Waals surface area contributed by atoms with E-state index >= 15 is 0 Å². The number of thioether (sulfide) groups is 1. The van der Waals surface area contributed by atoms with Crippen molar-refractivity contribution in [2.75, 3.05) is 0 Å². The number of rotatable bonds is 5. The first-order chi connectivity index (χ1) is 13.7. The van der Waals surface area contributed by atoms with Crippen molar-refractivity contribution in [2.45, 2.75) is 37.9 Å². The summed E-state index contributed by atoms with van der Waals surface area (Å²) >= 11 is 1.08. The maximum atomic E-state index is 11.7. The first kappa shape index (κ1) is 20.8.